The zero-order valence-electron chi connectivity index (χ0n) is 9.48. The number of rotatable bonds is 3. The van der Waals surface area contributed by atoms with Crippen LogP contribution in [0.3, 0.4) is 0 Å². The summed E-state index contributed by atoms with van der Waals surface area (Å²) >= 11 is 7.38. The summed E-state index contributed by atoms with van der Waals surface area (Å²) in [6.07, 6.45) is -0.686. The highest BCUT2D eigenvalue weighted by Crippen LogP contribution is 2.32. The topological polar surface area (TPSA) is 42.4 Å². The molecule has 1 aromatic heterocycles. The third-order valence-corrected chi connectivity index (χ3v) is 3.82. The average Bonchev–Trinajstić information content (AvgIpc) is 2.75. The molecule has 1 atom stereocenters. The van der Waals surface area contributed by atoms with E-state index in [0.29, 0.717) is 10.8 Å². The summed E-state index contributed by atoms with van der Waals surface area (Å²) < 4.78 is 5.13. The van der Waals surface area contributed by atoms with Crippen LogP contribution < -0.4 is 4.74 Å². The Morgan fingerprint density at radius 1 is 1.47 bits per heavy atom. The maximum absolute atomic E-state index is 10.2. The van der Waals surface area contributed by atoms with Gasteiger partial charge in [0.1, 0.15) is 11.9 Å². The number of benzene rings is 1. The average molecular weight is 270 g/mol. The first-order valence-corrected chi connectivity index (χ1v) is 6.30. The van der Waals surface area contributed by atoms with Gasteiger partial charge in [0.05, 0.1) is 28.2 Å². The molecule has 1 N–H and O–H groups in total. The predicted octanol–water partition coefficient (Wildman–Crippen LogP) is 3.20. The van der Waals surface area contributed by atoms with Gasteiger partial charge in [-0.05, 0) is 24.6 Å². The van der Waals surface area contributed by atoms with Crippen LogP contribution in [-0.4, -0.2) is 17.2 Å². The summed E-state index contributed by atoms with van der Waals surface area (Å²) in [5, 5.41) is 10.8. The molecular weight excluding hydrogens is 258 g/mol. The standard InChI is InChI=1S/C12H12ClNO2S/c1-7-12(17-6-14-7)11(15)8-3-4-9(13)10(5-8)16-2/h3-6,11,15H,1-2H3. The van der Waals surface area contributed by atoms with E-state index in [9.17, 15) is 5.11 Å². The molecule has 0 saturated heterocycles. The fraction of sp³-hybridized carbons (Fsp3) is 0.250. The maximum Gasteiger partial charge on any atom is 0.137 e. The Hall–Kier alpha value is -1.10. The number of aliphatic hydroxyl groups is 1. The minimum atomic E-state index is -0.686. The smallest absolute Gasteiger partial charge is 0.137 e. The molecule has 3 nitrogen and oxygen atoms in total. The summed E-state index contributed by atoms with van der Waals surface area (Å²) in [6, 6.07) is 5.25. The highest BCUT2D eigenvalue weighted by molar-refractivity contribution is 7.09. The van der Waals surface area contributed by atoms with Crippen molar-refractivity contribution in [3.8, 4) is 5.75 Å². The van der Waals surface area contributed by atoms with Crippen molar-refractivity contribution in [1.82, 2.24) is 4.98 Å². The van der Waals surface area contributed by atoms with Gasteiger partial charge in [-0.25, -0.2) is 4.98 Å². The SMILES string of the molecule is COc1cc(C(O)c2scnc2C)ccc1Cl. The van der Waals surface area contributed by atoms with Gasteiger partial charge in [0, 0.05) is 0 Å². The molecule has 2 rings (SSSR count). The number of methoxy groups -OCH3 is 1. The summed E-state index contributed by atoms with van der Waals surface area (Å²) in [6.45, 7) is 1.88. The van der Waals surface area contributed by atoms with Crippen LogP contribution in [-0.2, 0) is 0 Å². The molecule has 17 heavy (non-hydrogen) atoms. The van der Waals surface area contributed by atoms with E-state index in [1.54, 1.807) is 30.8 Å². The molecule has 0 fully saturated rings. The molecule has 90 valence electrons. The molecule has 1 aromatic carbocycles. The van der Waals surface area contributed by atoms with E-state index >= 15 is 0 Å². The van der Waals surface area contributed by atoms with Crippen LogP contribution in [0.15, 0.2) is 23.7 Å². The molecule has 0 radical (unpaired) electrons. The number of halogens is 1. The number of nitrogens with zero attached hydrogens (tertiary/aromatic N) is 1. The van der Waals surface area contributed by atoms with E-state index in [1.807, 2.05) is 6.92 Å². The van der Waals surface area contributed by atoms with Gasteiger partial charge in [0.2, 0.25) is 0 Å². The normalized spacial score (nSPS) is 12.5. The molecule has 1 heterocycles. The van der Waals surface area contributed by atoms with E-state index in [4.69, 9.17) is 16.3 Å². The first-order valence-electron chi connectivity index (χ1n) is 5.05. The second-order valence-corrected chi connectivity index (χ2v) is 4.89. The van der Waals surface area contributed by atoms with Gasteiger partial charge >= 0.3 is 0 Å². The molecule has 2 aromatic rings. The van der Waals surface area contributed by atoms with Crippen molar-refractivity contribution in [2.45, 2.75) is 13.0 Å². The van der Waals surface area contributed by atoms with Crippen LogP contribution in [0.5, 0.6) is 5.75 Å². The largest absolute Gasteiger partial charge is 0.495 e. The van der Waals surface area contributed by atoms with Crippen molar-refractivity contribution >= 4 is 22.9 Å². The van der Waals surface area contributed by atoms with Crippen LogP contribution in [0, 0.1) is 6.92 Å². The summed E-state index contributed by atoms with van der Waals surface area (Å²) in [4.78, 5) is 4.97. The molecule has 0 bridgehead atoms. The zero-order chi connectivity index (χ0) is 12.4. The van der Waals surface area contributed by atoms with Gasteiger partial charge in [-0.3, -0.25) is 0 Å². The molecule has 0 aliphatic carbocycles. The lowest BCUT2D eigenvalue weighted by Gasteiger charge is -2.12. The van der Waals surface area contributed by atoms with Crippen molar-refractivity contribution in [3.05, 3.63) is 44.9 Å². The quantitative estimate of drug-likeness (QED) is 0.930. The number of ether oxygens (including phenoxy) is 1. The van der Waals surface area contributed by atoms with Crippen molar-refractivity contribution in [1.29, 1.82) is 0 Å². The van der Waals surface area contributed by atoms with E-state index in [2.05, 4.69) is 4.98 Å². The molecule has 1 unspecified atom stereocenters. The lowest BCUT2D eigenvalue weighted by molar-refractivity contribution is 0.222. The number of hydrogen-bond acceptors (Lipinski definition) is 4. The predicted molar refractivity (Wildman–Crippen MR) is 68.9 cm³/mol. The fourth-order valence-electron chi connectivity index (χ4n) is 1.57. The molecule has 5 heteroatoms. The minimum Gasteiger partial charge on any atom is -0.495 e. The van der Waals surface area contributed by atoms with Gasteiger partial charge < -0.3 is 9.84 Å². The minimum absolute atomic E-state index is 0.532. The molecule has 0 aliphatic heterocycles. The highest BCUT2D eigenvalue weighted by Gasteiger charge is 2.16. The molecule has 0 spiro atoms. The third-order valence-electron chi connectivity index (χ3n) is 2.52. The van der Waals surface area contributed by atoms with E-state index in [0.717, 1.165) is 16.1 Å². The van der Waals surface area contributed by atoms with Crippen LogP contribution in [0.25, 0.3) is 0 Å². The van der Waals surface area contributed by atoms with Gasteiger partial charge in [0.25, 0.3) is 0 Å². The van der Waals surface area contributed by atoms with Crippen molar-refractivity contribution in [2.75, 3.05) is 7.11 Å². The van der Waals surface area contributed by atoms with Gasteiger partial charge in [0.15, 0.2) is 0 Å². The Labute approximate surface area is 109 Å². The van der Waals surface area contributed by atoms with Gasteiger partial charge in [-0.1, -0.05) is 17.7 Å². The zero-order valence-corrected chi connectivity index (χ0v) is 11.0. The van der Waals surface area contributed by atoms with E-state index in [1.165, 1.54) is 11.3 Å². The second kappa shape index (κ2) is 5.04. The molecular formula is C12H12ClNO2S. The maximum atomic E-state index is 10.2. The molecule has 0 amide bonds. The highest BCUT2D eigenvalue weighted by atomic mass is 35.5. The number of thiazole rings is 1. The Bertz CT molecular complexity index is 527. The van der Waals surface area contributed by atoms with Crippen LogP contribution in [0.2, 0.25) is 5.02 Å². The van der Waals surface area contributed by atoms with Crippen molar-refractivity contribution in [2.24, 2.45) is 0 Å². The summed E-state index contributed by atoms with van der Waals surface area (Å²) in [5.74, 6) is 0.561. The number of aryl methyl sites for hydroxylation is 1. The van der Waals surface area contributed by atoms with E-state index < -0.39 is 6.10 Å². The summed E-state index contributed by atoms with van der Waals surface area (Å²) in [5.41, 5.74) is 3.32. The monoisotopic (exact) mass is 269 g/mol. The Kier molecular flexibility index (Phi) is 3.66. The van der Waals surface area contributed by atoms with Gasteiger partial charge in [-0.2, -0.15) is 0 Å². The van der Waals surface area contributed by atoms with Crippen molar-refractivity contribution in [3.63, 3.8) is 0 Å². The Morgan fingerprint density at radius 3 is 2.82 bits per heavy atom. The molecule has 0 aliphatic rings. The number of hydrogen-bond donors (Lipinski definition) is 1. The lowest BCUT2D eigenvalue weighted by Crippen LogP contribution is -2.00. The Morgan fingerprint density at radius 2 is 2.24 bits per heavy atom. The lowest BCUT2D eigenvalue weighted by atomic mass is 10.1. The number of aromatic nitrogens is 1. The van der Waals surface area contributed by atoms with Crippen LogP contribution in [0.4, 0.5) is 0 Å². The van der Waals surface area contributed by atoms with Crippen molar-refractivity contribution < 1.29 is 9.84 Å². The fourth-order valence-corrected chi connectivity index (χ4v) is 2.58. The van der Waals surface area contributed by atoms with Crippen LogP contribution >= 0.6 is 22.9 Å². The third kappa shape index (κ3) is 2.44. The molecule has 0 saturated carbocycles. The van der Waals surface area contributed by atoms with Crippen LogP contribution in [0.1, 0.15) is 22.2 Å². The summed E-state index contributed by atoms with van der Waals surface area (Å²) in [7, 11) is 1.55. The Balaban J connectivity index is 2.38. The first-order chi connectivity index (χ1) is 8.13. The number of aliphatic hydroxyl groups excluding tert-OH is 1. The second-order valence-electron chi connectivity index (χ2n) is 3.60. The van der Waals surface area contributed by atoms with E-state index in [-0.39, 0.29) is 0 Å². The van der Waals surface area contributed by atoms with Gasteiger partial charge in [-0.15, -0.1) is 11.3 Å². The first kappa shape index (κ1) is 12.4.